The van der Waals surface area contributed by atoms with Crippen molar-refractivity contribution in [3.05, 3.63) is 35.9 Å². The van der Waals surface area contributed by atoms with E-state index in [9.17, 15) is 14.4 Å². The Bertz CT molecular complexity index is 663. The summed E-state index contributed by atoms with van der Waals surface area (Å²) in [5, 5.41) is 9.92. The lowest BCUT2D eigenvalue weighted by molar-refractivity contribution is -0.147. The van der Waals surface area contributed by atoms with E-state index in [-0.39, 0.29) is 44.2 Å². The van der Waals surface area contributed by atoms with Gasteiger partial charge in [-0.3, -0.25) is 20.3 Å². The van der Waals surface area contributed by atoms with Crippen molar-refractivity contribution in [3.8, 4) is 0 Å². The fraction of sp³-hybridized carbons (Fsp3) is 0.474. The van der Waals surface area contributed by atoms with Gasteiger partial charge in [0.1, 0.15) is 6.54 Å². The van der Waals surface area contributed by atoms with Gasteiger partial charge in [0, 0.05) is 13.5 Å². The number of rotatable bonds is 9. The Hall–Kier alpha value is -3.10. The highest BCUT2D eigenvalue weighted by atomic mass is 16.6. The molecule has 0 saturated heterocycles. The SMILES string of the molecule is CC(C)OC(=O)CN(C)C(=N)NC(=O)OCCCOC(=O)Cc1ccccc1. The molecule has 1 aromatic rings. The molecular formula is C19H27N3O6. The summed E-state index contributed by atoms with van der Waals surface area (Å²) in [4.78, 5) is 36.0. The molecular weight excluding hydrogens is 366 g/mol. The molecule has 9 nitrogen and oxygen atoms in total. The van der Waals surface area contributed by atoms with E-state index in [0.717, 1.165) is 5.56 Å². The van der Waals surface area contributed by atoms with E-state index in [1.54, 1.807) is 13.8 Å². The van der Waals surface area contributed by atoms with Crippen LogP contribution in [0.3, 0.4) is 0 Å². The van der Waals surface area contributed by atoms with E-state index in [2.05, 4.69) is 5.32 Å². The summed E-state index contributed by atoms with van der Waals surface area (Å²) in [5.41, 5.74) is 0.864. The molecule has 2 N–H and O–H groups in total. The van der Waals surface area contributed by atoms with Gasteiger partial charge < -0.3 is 19.1 Å². The quantitative estimate of drug-likeness (QED) is 0.216. The van der Waals surface area contributed by atoms with Gasteiger partial charge in [-0.1, -0.05) is 30.3 Å². The number of carbonyl (C=O) groups excluding carboxylic acids is 3. The number of hydrogen-bond acceptors (Lipinski definition) is 7. The lowest BCUT2D eigenvalue weighted by atomic mass is 10.2. The van der Waals surface area contributed by atoms with Crippen molar-refractivity contribution in [3.63, 3.8) is 0 Å². The Morgan fingerprint density at radius 1 is 1.07 bits per heavy atom. The largest absolute Gasteiger partial charge is 0.465 e. The number of ether oxygens (including phenoxy) is 3. The zero-order valence-corrected chi connectivity index (χ0v) is 16.4. The minimum absolute atomic E-state index is 0.0246. The number of alkyl carbamates (subject to hydrolysis) is 1. The average Bonchev–Trinajstić information content (AvgIpc) is 2.61. The topological polar surface area (TPSA) is 118 Å². The summed E-state index contributed by atoms with van der Waals surface area (Å²) in [6, 6.07) is 9.23. The fourth-order valence-corrected chi connectivity index (χ4v) is 2.02. The summed E-state index contributed by atoms with van der Waals surface area (Å²) in [6.07, 6.45) is -0.567. The fourth-order valence-electron chi connectivity index (χ4n) is 2.02. The maximum absolute atomic E-state index is 11.7. The second-order valence-corrected chi connectivity index (χ2v) is 6.24. The molecule has 1 aromatic carbocycles. The molecule has 1 rings (SSSR count). The monoisotopic (exact) mass is 393 g/mol. The van der Waals surface area contributed by atoms with Crippen LogP contribution in [0, 0.1) is 5.41 Å². The molecule has 0 radical (unpaired) electrons. The second-order valence-electron chi connectivity index (χ2n) is 6.24. The van der Waals surface area contributed by atoms with E-state index in [1.165, 1.54) is 11.9 Å². The van der Waals surface area contributed by atoms with Crippen LogP contribution in [0.2, 0.25) is 0 Å². The van der Waals surface area contributed by atoms with Gasteiger partial charge in [-0.15, -0.1) is 0 Å². The maximum atomic E-state index is 11.7. The second kappa shape index (κ2) is 12.3. The van der Waals surface area contributed by atoms with E-state index in [1.807, 2.05) is 30.3 Å². The highest BCUT2D eigenvalue weighted by molar-refractivity contribution is 5.93. The van der Waals surface area contributed by atoms with E-state index in [4.69, 9.17) is 19.6 Å². The lowest BCUT2D eigenvalue weighted by Gasteiger charge is -2.19. The molecule has 154 valence electrons. The summed E-state index contributed by atoms with van der Waals surface area (Å²) in [5.74, 6) is -1.15. The smallest absolute Gasteiger partial charge is 0.413 e. The van der Waals surface area contributed by atoms with Crippen molar-refractivity contribution in [2.75, 3.05) is 26.8 Å². The van der Waals surface area contributed by atoms with Crippen LogP contribution in [-0.2, 0) is 30.2 Å². The number of esters is 2. The van der Waals surface area contributed by atoms with Gasteiger partial charge in [0.15, 0.2) is 0 Å². The van der Waals surface area contributed by atoms with Crippen LogP contribution in [-0.4, -0.2) is 61.8 Å². The normalized spacial score (nSPS) is 10.1. The zero-order chi connectivity index (χ0) is 20.9. The van der Waals surface area contributed by atoms with Gasteiger partial charge in [-0.2, -0.15) is 0 Å². The van der Waals surface area contributed by atoms with Crippen LogP contribution in [0.25, 0.3) is 0 Å². The predicted octanol–water partition coefficient (Wildman–Crippen LogP) is 1.71. The molecule has 9 heteroatoms. The molecule has 1 amide bonds. The van der Waals surface area contributed by atoms with Gasteiger partial charge in [0.05, 0.1) is 25.7 Å². The third-order valence-electron chi connectivity index (χ3n) is 3.31. The molecule has 0 aliphatic rings. The molecule has 0 spiro atoms. The van der Waals surface area contributed by atoms with Crippen molar-refractivity contribution in [1.82, 2.24) is 10.2 Å². The van der Waals surface area contributed by atoms with Crippen LogP contribution in [0.4, 0.5) is 4.79 Å². The van der Waals surface area contributed by atoms with Gasteiger partial charge in [-0.25, -0.2) is 4.79 Å². The van der Waals surface area contributed by atoms with Gasteiger partial charge in [0.2, 0.25) is 5.96 Å². The first kappa shape index (κ1) is 22.9. The predicted molar refractivity (Wildman–Crippen MR) is 102 cm³/mol. The minimum Gasteiger partial charge on any atom is -0.465 e. The van der Waals surface area contributed by atoms with Gasteiger partial charge in [-0.05, 0) is 19.4 Å². The van der Waals surface area contributed by atoms with Gasteiger partial charge >= 0.3 is 18.0 Å². The van der Waals surface area contributed by atoms with Crippen LogP contribution < -0.4 is 5.32 Å². The number of nitrogens with zero attached hydrogens (tertiary/aromatic N) is 1. The Labute approximate surface area is 164 Å². The van der Waals surface area contributed by atoms with Crippen LogP contribution in [0.15, 0.2) is 30.3 Å². The van der Waals surface area contributed by atoms with Crippen molar-refractivity contribution in [1.29, 1.82) is 5.41 Å². The molecule has 0 atom stereocenters. The number of nitrogens with one attached hydrogen (secondary N) is 2. The summed E-state index contributed by atoms with van der Waals surface area (Å²) < 4.78 is 14.9. The first-order chi connectivity index (χ1) is 13.3. The number of hydrogen-bond donors (Lipinski definition) is 2. The van der Waals surface area contributed by atoms with Gasteiger partial charge in [0.25, 0.3) is 0 Å². The number of likely N-dealkylation sites (N-methyl/N-ethyl adjacent to an activating group) is 1. The number of guanidine groups is 1. The number of carbonyl (C=O) groups is 3. The van der Waals surface area contributed by atoms with Crippen molar-refractivity contribution in [2.24, 2.45) is 0 Å². The standard InChI is InChI=1S/C19H27N3O6/c1-14(2)28-17(24)13-22(3)18(20)21-19(25)27-11-7-10-26-16(23)12-15-8-5-4-6-9-15/h4-6,8-9,14H,7,10-13H2,1-3H3,(H2,20,21,25). The Balaban J connectivity index is 2.14. The van der Waals surface area contributed by atoms with Crippen LogP contribution in [0.5, 0.6) is 0 Å². The highest BCUT2D eigenvalue weighted by Crippen LogP contribution is 2.01. The van der Waals surface area contributed by atoms with Crippen LogP contribution >= 0.6 is 0 Å². The van der Waals surface area contributed by atoms with Crippen molar-refractivity contribution < 1.29 is 28.6 Å². The minimum atomic E-state index is -0.829. The lowest BCUT2D eigenvalue weighted by Crippen LogP contribution is -2.44. The highest BCUT2D eigenvalue weighted by Gasteiger charge is 2.15. The molecule has 0 aliphatic heterocycles. The molecule has 0 fully saturated rings. The first-order valence-corrected chi connectivity index (χ1v) is 8.90. The van der Waals surface area contributed by atoms with E-state index >= 15 is 0 Å². The molecule has 0 unspecified atom stereocenters. The molecule has 0 saturated carbocycles. The van der Waals surface area contributed by atoms with Crippen molar-refractivity contribution >= 4 is 24.0 Å². The summed E-state index contributed by atoms with van der Waals surface area (Å²) in [6.45, 7) is 3.42. The van der Waals surface area contributed by atoms with E-state index < -0.39 is 12.1 Å². The van der Waals surface area contributed by atoms with E-state index in [0.29, 0.717) is 6.42 Å². The molecule has 0 aromatic heterocycles. The summed E-state index contributed by atoms with van der Waals surface area (Å²) in [7, 11) is 1.47. The average molecular weight is 393 g/mol. The molecule has 0 aliphatic carbocycles. The Morgan fingerprint density at radius 2 is 1.71 bits per heavy atom. The first-order valence-electron chi connectivity index (χ1n) is 8.90. The number of amides is 1. The number of benzene rings is 1. The Kier molecular flexibility index (Phi) is 10.1. The maximum Gasteiger partial charge on any atom is 0.413 e. The molecule has 28 heavy (non-hydrogen) atoms. The van der Waals surface area contributed by atoms with Crippen LogP contribution in [0.1, 0.15) is 25.8 Å². The Morgan fingerprint density at radius 3 is 2.36 bits per heavy atom. The molecule has 0 bridgehead atoms. The third kappa shape index (κ3) is 10.1. The molecule has 0 heterocycles. The van der Waals surface area contributed by atoms with Crippen molar-refractivity contribution in [2.45, 2.75) is 32.8 Å². The zero-order valence-electron chi connectivity index (χ0n) is 16.4. The third-order valence-corrected chi connectivity index (χ3v) is 3.31. The summed E-state index contributed by atoms with van der Waals surface area (Å²) >= 11 is 0.